The average molecular weight is 444 g/mol. The number of hydrogen-bond acceptors (Lipinski definition) is 7. The first-order valence-electron chi connectivity index (χ1n) is 10.3. The molecule has 0 aliphatic rings. The first-order chi connectivity index (χ1) is 15.9. The Labute approximate surface area is 191 Å². The summed E-state index contributed by atoms with van der Waals surface area (Å²) < 4.78 is 12.3. The Morgan fingerprint density at radius 3 is 2.36 bits per heavy atom. The lowest BCUT2D eigenvalue weighted by atomic mass is 10.1. The van der Waals surface area contributed by atoms with Crippen molar-refractivity contribution in [1.82, 2.24) is 24.7 Å². The molecule has 0 radical (unpaired) electrons. The molecule has 3 heterocycles. The molecule has 0 fully saturated rings. The monoisotopic (exact) mass is 444 g/mol. The largest absolute Gasteiger partial charge is 0.497 e. The summed E-state index contributed by atoms with van der Waals surface area (Å²) in [6.45, 7) is 3.85. The molecule has 0 aliphatic carbocycles. The molecule has 1 aromatic carbocycles. The maximum atomic E-state index is 12.9. The van der Waals surface area contributed by atoms with Gasteiger partial charge in [-0.25, -0.2) is 14.6 Å². The quantitative estimate of drug-likeness (QED) is 0.465. The van der Waals surface area contributed by atoms with E-state index in [1.54, 1.807) is 49.4 Å². The second-order valence-electron chi connectivity index (χ2n) is 7.43. The third-order valence-corrected chi connectivity index (χ3v) is 4.88. The van der Waals surface area contributed by atoms with Crippen LogP contribution in [0.25, 0.3) is 17.3 Å². The molecule has 9 nitrogen and oxygen atoms in total. The van der Waals surface area contributed by atoms with Crippen molar-refractivity contribution in [1.29, 1.82) is 0 Å². The third kappa shape index (κ3) is 5.15. The van der Waals surface area contributed by atoms with Gasteiger partial charge in [-0.05, 0) is 49.7 Å². The van der Waals surface area contributed by atoms with Gasteiger partial charge in [0.2, 0.25) is 5.91 Å². The van der Waals surface area contributed by atoms with Crippen LogP contribution in [0.2, 0.25) is 0 Å². The van der Waals surface area contributed by atoms with Gasteiger partial charge in [0.15, 0.2) is 11.6 Å². The summed E-state index contributed by atoms with van der Waals surface area (Å²) in [6.07, 6.45) is 1.79. The number of anilines is 1. The number of pyridine rings is 1. The molecule has 0 atom stereocenters. The molecular formula is C24H24N6O3. The van der Waals surface area contributed by atoms with Gasteiger partial charge in [0.25, 0.3) is 0 Å². The lowest BCUT2D eigenvalue weighted by Crippen LogP contribution is -2.17. The fraction of sp³-hybridized carbons (Fsp3) is 0.208. The Bertz CT molecular complexity index is 1260. The molecule has 0 saturated heterocycles. The molecule has 33 heavy (non-hydrogen) atoms. The van der Waals surface area contributed by atoms with Gasteiger partial charge in [-0.15, -0.1) is 0 Å². The van der Waals surface area contributed by atoms with Crippen molar-refractivity contribution in [2.75, 3.05) is 19.5 Å². The number of aryl methyl sites for hydroxylation is 2. The number of ether oxygens (including phenoxy) is 2. The van der Waals surface area contributed by atoms with Crippen LogP contribution in [0.5, 0.6) is 11.5 Å². The second-order valence-corrected chi connectivity index (χ2v) is 7.43. The van der Waals surface area contributed by atoms with Crippen molar-refractivity contribution in [3.63, 3.8) is 0 Å². The Morgan fingerprint density at radius 2 is 1.76 bits per heavy atom. The molecule has 9 heteroatoms. The number of nitrogens with one attached hydrogen (secondary N) is 1. The smallest absolute Gasteiger partial charge is 0.229 e. The number of rotatable bonds is 7. The second kappa shape index (κ2) is 9.47. The van der Waals surface area contributed by atoms with Gasteiger partial charge in [0.05, 0.1) is 26.3 Å². The first-order valence-corrected chi connectivity index (χ1v) is 10.3. The zero-order valence-electron chi connectivity index (χ0n) is 18.9. The molecule has 0 bridgehead atoms. The molecule has 168 valence electrons. The Morgan fingerprint density at radius 1 is 1.00 bits per heavy atom. The van der Waals surface area contributed by atoms with Gasteiger partial charge >= 0.3 is 0 Å². The minimum atomic E-state index is -0.240. The summed E-state index contributed by atoms with van der Waals surface area (Å²) in [6, 6.07) is 14.5. The van der Waals surface area contributed by atoms with Crippen LogP contribution in [-0.2, 0) is 11.2 Å². The maximum absolute atomic E-state index is 12.9. The van der Waals surface area contributed by atoms with Gasteiger partial charge in [-0.3, -0.25) is 9.78 Å². The van der Waals surface area contributed by atoms with Crippen LogP contribution in [0.15, 0.2) is 54.7 Å². The normalized spacial score (nSPS) is 10.7. The Balaban J connectivity index is 1.66. The Kier molecular flexibility index (Phi) is 6.30. The summed E-state index contributed by atoms with van der Waals surface area (Å²) in [4.78, 5) is 26.3. The molecule has 0 unspecified atom stereocenters. The van der Waals surface area contributed by atoms with Gasteiger partial charge in [-0.1, -0.05) is 6.07 Å². The minimum Gasteiger partial charge on any atom is -0.497 e. The summed E-state index contributed by atoms with van der Waals surface area (Å²) >= 11 is 0. The number of benzene rings is 1. The van der Waals surface area contributed by atoms with Crippen LogP contribution in [0.4, 0.5) is 5.82 Å². The predicted octanol–water partition coefficient (Wildman–Crippen LogP) is 3.54. The van der Waals surface area contributed by atoms with Crippen molar-refractivity contribution in [3.8, 4) is 28.8 Å². The zero-order valence-corrected chi connectivity index (χ0v) is 18.9. The number of carbonyl (C=O) groups excluding carboxylic acids is 1. The van der Waals surface area contributed by atoms with E-state index in [-0.39, 0.29) is 12.3 Å². The number of methoxy groups -OCH3 is 2. The molecule has 3 aromatic heterocycles. The van der Waals surface area contributed by atoms with E-state index >= 15 is 0 Å². The summed E-state index contributed by atoms with van der Waals surface area (Å²) in [5.74, 6) is 2.27. The summed E-state index contributed by atoms with van der Waals surface area (Å²) in [5.41, 5.74) is 3.12. The van der Waals surface area contributed by atoms with Crippen LogP contribution >= 0.6 is 0 Å². The number of amides is 1. The van der Waals surface area contributed by atoms with Gasteiger partial charge in [-0.2, -0.15) is 5.10 Å². The van der Waals surface area contributed by atoms with Crippen molar-refractivity contribution < 1.29 is 14.3 Å². The van der Waals surface area contributed by atoms with Crippen LogP contribution < -0.4 is 14.8 Å². The highest BCUT2D eigenvalue weighted by Crippen LogP contribution is 2.24. The highest BCUT2D eigenvalue weighted by molar-refractivity contribution is 5.91. The van der Waals surface area contributed by atoms with Crippen LogP contribution in [0.3, 0.4) is 0 Å². The number of nitrogens with zero attached hydrogens (tertiary/aromatic N) is 5. The van der Waals surface area contributed by atoms with Crippen LogP contribution in [-0.4, -0.2) is 44.9 Å². The first kappa shape index (κ1) is 21.9. The van der Waals surface area contributed by atoms with Crippen LogP contribution in [0.1, 0.15) is 17.0 Å². The molecule has 0 aliphatic heterocycles. The molecule has 0 spiro atoms. The minimum absolute atomic E-state index is 0.117. The van der Waals surface area contributed by atoms with E-state index < -0.39 is 0 Å². The fourth-order valence-electron chi connectivity index (χ4n) is 3.42. The molecule has 4 aromatic rings. The average Bonchev–Trinajstić information content (AvgIpc) is 3.16. The topological polar surface area (TPSA) is 104 Å². The molecule has 0 saturated carbocycles. The summed E-state index contributed by atoms with van der Waals surface area (Å²) in [5, 5.41) is 7.38. The van der Waals surface area contributed by atoms with Gasteiger partial charge in [0.1, 0.15) is 23.0 Å². The highest BCUT2D eigenvalue weighted by Gasteiger charge is 2.14. The van der Waals surface area contributed by atoms with Gasteiger partial charge < -0.3 is 14.8 Å². The molecule has 4 rings (SSSR count). The lowest BCUT2D eigenvalue weighted by Gasteiger charge is -2.11. The van der Waals surface area contributed by atoms with Crippen LogP contribution in [0, 0.1) is 13.8 Å². The zero-order chi connectivity index (χ0) is 23.4. The molecule has 1 amide bonds. The van der Waals surface area contributed by atoms with E-state index in [2.05, 4.69) is 25.4 Å². The molecule has 1 N–H and O–H groups in total. The van der Waals surface area contributed by atoms with Gasteiger partial charge in [0, 0.05) is 24.0 Å². The van der Waals surface area contributed by atoms with E-state index in [9.17, 15) is 4.79 Å². The Hall–Kier alpha value is -4.27. The number of aromatic nitrogens is 5. The summed E-state index contributed by atoms with van der Waals surface area (Å²) in [7, 11) is 3.14. The number of carbonyl (C=O) groups is 1. The van der Waals surface area contributed by atoms with Crippen molar-refractivity contribution in [2.24, 2.45) is 0 Å². The van der Waals surface area contributed by atoms with Crippen molar-refractivity contribution in [3.05, 3.63) is 71.7 Å². The van der Waals surface area contributed by atoms with Crippen molar-refractivity contribution >= 4 is 11.7 Å². The number of hydrogen-bond donors (Lipinski definition) is 1. The van der Waals surface area contributed by atoms with E-state index in [4.69, 9.17) is 9.47 Å². The standard InChI is InChI=1S/C24H24N6O3/c1-15-9-16(2)30(29-15)22-14-21(27-24(28-22)20-7-5-6-8-25-20)26-23(31)12-17-10-18(32-3)13-19(11-17)33-4/h5-11,13-14H,12H2,1-4H3,(H,26,27,28,31). The maximum Gasteiger partial charge on any atom is 0.229 e. The fourth-order valence-corrected chi connectivity index (χ4v) is 3.42. The SMILES string of the molecule is COc1cc(CC(=O)Nc2cc(-n3nc(C)cc3C)nc(-c3ccccn3)n2)cc(OC)c1. The van der Waals surface area contributed by atoms with E-state index in [1.165, 1.54) is 0 Å². The van der Waals surface area contributed by atoms with E-state index in [0.717, 1.165) is 17.0 Å². The molecular weight excluding hydrogens is 420 g/mol. The van der Waals surface area contributed by atoms with E-state index in [0.29, 0.717) is 34.7 Å². The van der Waals surface area contributed by atoms with E-state index in [1.807, 2.05) is 38.1 Å². The third-order valence-electron chi connectivity index (χ3n) is 4.88. The van der Waals surface area contributed by atoms with Crippen molar-refractivity contribution in [2.45, 2.75) is 20.3 Å². The lowest BCUT2D eigenvalue weighted by molar-refractivity contribution is -0.115. The predicted molar refractivity (Wildman–Crippen MR) is 124 cm³/mol. The highest BCUT2D eigenvalue weighted by atomic mass is 16.5.